The molecule has 0 amide bonds. The fourth-order valence-electron chi connectivity index (χ4n) is 3.22. The number of aromatic nitrogens is 3. The number of nitrogens with zero attached hydrogens (tertiary/aromatic N) is 2. The van der Waals surface area contributed by atoms with Crippen LogP contribution in [0.5, 0.6) is 0 Å². The van der Waals surface area contributed by atoms with E-state index in [1.165, 1.54) is 12.1 Å². The van der Waals surface area contributed by atoms with Crippen LogP contribution in [0, 0.1) is 0 Å². The number of imidazole rings is 1. The Morgan fingerprint density at radius 3 is 2.68 bits per heavy atom. The van der Waals surface area contributed by atoms with Crippen molar-refractivity contribution in [1.29, 1.82) is 0 Å². The Labute approximate surface area is 189 Å². The molecule has 0 aliphatic carbocycles. The Hall–Kier alpha value is -2.33. The largest absolute Gasteiger partial charge is 0.406 e. The zero-order valence-electron chi connectivity index (χ0n) is 15.8. The quantitative estimate of drug-likeness (QED) is 0.226. The lowest BCUT2D eigenvalue weighted by Gasteiger charge is -2.23. The van der Waals surface area contributed by atoms with Crippen LogP contribution in [-0.2, 0) is 6.54 Å². The Morgan fingerprint density at radius 1 is 1.23 bits per heavy atom. The molecule has 4 aromatic rings. The lowest BCUT2D eigenvalue weighted by Crippen LogP contribution is -2.42. The second-order valence-corrected chi connectivity index (χ2v) is 8.46. The molecule has 2 aromatic carbocycles. The minimum atomic E-state index is -4.52. The van der Waals surface area contributed by atoms with Crippen LogP contribution in [0.15, 0.2) is 59.9 Å². The summed E-state index contributed by atoms with van der Waals surface area (Å²) in [7, 11) is 0. The maximum absolute atomic E-state index is 13.9. The maximum Gasteiger partial charge on any atom is 0.406 e. The highest BCUT2D eigenvalue weighted by molar-refractivity contribution is 7.97. The van der Waals surface area contributed by atoms with Crippen molar-refractivity contribution in [2.45, 2.75) is 23.7 Å². The first-order chi connectivity index (χ1) is 14.7. The van der Waals surface area contributed by atoms with Gasteiger partial charge in [-0.15, -0.1) is 0 Å². The van der Waals surface area contributed by atoms with E-state index in [1.54, 1.807) is 35.3 Å². The summed E-state index contributed by atoms with van der Waals surface area (Å²) in [5.41, 5.74) is 7.46. The minimum Gasteiger partial charge on any atom is -0.398 e. The Kier molecular flexibility index (Phi) is 6.11. The Bertz CT molecular complexity index is 1180. The molecular weight excluding hydrogens is 470 g/mol. The van der Waals surface area contributed by atoms with Crippen LogP contribution in [0.25, 0.3) is 22.3 Å². The van der Waals surface area contributed by atoms with Gasteiger partial charge in [-0.3, -0.25) is 0 Å². The zero-order chi connectivity index (χ0) is 22.2. The monoisotopic (exact) mass is 485 g/mol. The SMILES string of the molecule is Nc1cc(Cl)cc(Cl)c1SNC(Cn1cc(-c2ncc[nH]2)c2ccccc21)C(F)(F)F. The normalized spacial score (nSPS) is 13.1. The summed E-state index contributed by atoms with van der Waals surface area (Å²) in [6.45, 7) is -0.358. The fourth-order valence-corrected chi connectivity index (χ4v) is 4.65. The number of hydrogen-bond donors (Lipinski definition) is 3. The van der Waals surface area contributed by atoms with Crippen LogP contribution in [-0.4, -0.2) is 26.8 Å². The molecule has 4 N–H and O–H groups in total. The highest BCUT2D eigenvalue weighted by atomic mass is 35.5. The van der Waals surface area contributed by atoms with E-state index in [4.69, 9.17) is 28.9 Å². The van der Waals surface area contributed by atoms with E-state index in [0.29, 0.717) is 16.4 Å². The average molecular weight is 486 g/mol. The van der Waals surface area contributed by atoms with Gasteiger partial charge in [0.05, 0.1) is 9.92 Å². The number of nitrogens with two attached hydrogens (primary N) is 1. The van der Waals surface area contributed by atoms with Gasteiger partial charge in [0, 0.05) is 52.3 Å². The summed E-state index contributed by atoms with van der Waals surface area (Å²) >= 11 is 12.7. The van der Waals surface area contributed by atoms with E-state index in [1.807, 2.05) is 12.1 Å². The summed E-state index contributed by atoms with van der Waals surface area (Å²) in [5, 5.41) is 1.29. The molecule has 0 aliphatic rings. The third-order valence-electron chi connectivity index (χ3n) is 4.66. The molecule has 1 atom stereocenters. The van der Waals surface area contributed by atoms with Crippen LogP contribution >= 0.6 is 35.1 Å². The van der Waals surface area contributed by atoms with Crippen molar-refractivity contribution in [3.8, 4) is 11.4 Å². The number of fused-ring (bicyclic) bond motifs is 1. The number of aromatic amines is 1. The molecule has 0 radical (unpaired) electrons. The smallest absolute Gasteiger partial charge is 0.398 e. The minimum absolute atomic E-state index is 0.176. The fraction of sp³-hybridized carbons (Fsp3) is 0.150. The first kappa shape index (κ1) is 21.9. The van der Waals surface area contributed by atoms with Crippen LogP contribution in [0.4, 0.5) is 18.9 Å². The second kappa shape index (κ2) is 8.66. The van der Waals surface area contributed by atoms with Gasteiger partial charge in [0.2, 0.25) is 0 Å². The van der Waals surface area contributed by atoms with E-state index in [9.17, 15) is 13.2 Å². The van der Waals surface area contributed by atoms with Crippen molar-refractivity contribution in [3.05, 3.63) is 65.0 Å². The van der Waals surface area contributed by atoms with Crippen molar-refractivity contribution in [1.82, 2.24) is 19.3 Å². The van der Waals surface area contributed by atoms with Crippen LogP contribution in [0.2, 0.25) is 10.0 Å². The molecule has 0 aliphatic heterocycles. The molecule has 2 aromatic heterocycles. The van der Waals surface area contributed by atoms with Crippen LogP contribution in [0.3, 0.4) is 0 Å². The molecule has 4 rings (SSSR count). The predicted octanol–water partition coefficient (Wildman–Crippen LogP) is 6.15. The molecule has 31 heavy (non-hydrogen) atoms. The number of nitrogens with one attached hydrogen (secondary N) is 2. The van der Waals surface area contributed by atoms with Gasteiger partial charge in [-0.05, 0) is 30.1 Å². The number of halogens is 5. The number of hydrogen-bond acceptors (Lipinski definition) is 4. The molecular formula is C20H16Cl2F3N5S. The summed E-state index contributed by atoms with van der Waals surface area (Å²) in [6.07, 6.45) is 0.409. The summed E-state index contributed by atoms with van der Waals surface area (Å²) in [4.78, 5) is 7.52. The molecule has 0 spiro atoms. The highest BCUT2D eigenvalue weighted by Crippen LogP contribution is 2.36. The average Bonchev–Trinajstić information content (AvgIpc) is 3.33. The molecule has 0 saturated heterocycles. The number of H-pyrrole nitrogens is 1. The number of nitrogen functional groups attached to an aromatic ring is 1. The molecule has 1 unspecified atom stereocenters. The van der Waals surface area contributed by atoms with Gasteiger partial charge < -0.3 is 15.3 Å². The van der Waals surface area contributed by atoms with Crippen molar-refractivity contribution < 1.29 is 13.2 Å². The van der Waals surface area contributed by atoms with Gasteiger partial charge in [-0.25, -0.2) is 9.71 Å². The maximum atomic E-state index is 13.9. The van der Waals surface area contributed by atoms with Gasteiger partial charge in [0.15, 0.2) is 0 Å². The van der Waals surface area contributed by atoms with Crippen molar-refractivity contribution in [2.75, 3.05) is 5.73 Å². The third kappa shape index (κ3) is 4.64. The van der Waals surface area contributed by atoms with Gasteiger partial charge in [-0.2, -0.15) is 13.2 Å². The number of rotatable bonds is 6. The molecule has 0 saturated carbocycles. The van der Waals surface area contributed by atoms with E-state index in [0.717, 1.165) is 22.9 Å². The molecule has 2 heterocycles. The first-order valence-corrected chi connectivity index (χ1v) is 10.6. The number of alkyl halides is 3. The Balaban J connectivity index is 1.65. The van der Waals surface area contributed by atoms with Crippen LogP contribution in [0.1, 0.15) is 0 Å². The van der Waals surface area contributed by atoms with Crippen molar-refractivity contribution >= 4 is 51.7 Å². The number of anilines is 1. The second-order valence-electron chi connectivity index (χ2n) is 6.77. The van der Waals surface area contributed by atoms with Crippen LogP contribution < -0.4 is 10.5 Å². The predicted molar refractivity (Wildman–Crippen MR) is 119 cm³/mol. The van der Waals surface area contributed by atoms with Gasteiger partial charge in [-0.1, -0.05) is 41.4 Å². The van der Waals surface area contributed by atoms with Crippen molar-refractivity contribution in [3.63, 3.8) is 0 Å². The number of para-hydroxylation sites is 1. The highest BCUT2D eigenvalue weighted by Gasteiger charge is 2.40. The molecule has 0 bridgehead atoms. The lowest BCUT2D eigenvalue weighted by molar-refractivity contribution is -0.153. The van der Waals surface area contributed by atoms with E-state index in [-0.39, 0.29) is 22.2 Å². The Morgan fingerprint density at radius 2 is 2.00 bits per heavy atom. The van der Waals surface area contributed by atoms with Gasteiger partial charge in [0.1, 0.15) is 11.9 Å². The molecule has 11 heteroatoms. The van der Waals surface area contributed by atoms with E-state index < -0.39 is 12.2 Å². The van der Waals surface area contributed by atoms with E-state index in [2.05, 4.69) is 14.7 Å². The molecule has 5 nitrogen and oxygen atoms in total. The lowest BCUT2D eigenvalue weighted by atomic mass is 10.2. The van der Waals surface area contributed by atoms with Gasteiger partial charge in [0.25, 0.3) is 0 Å². The number of benzene rings is 2. The standard InChI is InChI=1S/C20H16Cl2F3N5S/c21-11-7-14(22)18(15(26)8-11)31-29-17(20(23,24)25)10-30-9-13(19-27-5-6-28-19)12-3-1-2-4-16(12)30/h1-9,17,29H,10,26H2,(H,27,28). The molecule has 162 valence electrons. The summed E-state index contributed by atoms with van der Waals surface area (Å²) in [5.74, 6) is 0.585. The zero-order valence-corrected chi connectivity index (χ0v) is 18.1. The first-order valence-electron chi connectivity index (χ1n) is 9.05. The van der Waals surface area contributed by atoms with Gasteiger partial charge >= 0.3 is 6.18 Å². The summed E-state index contributed by atoms with van der Waals surface area (Å²) < 4.78 is 45.6. The summed E-state index contributed by atoms with van der Waals surface area (Å²) in [6, 6.07) is 8.24. The van der Waals surface area contributed by atoms with E-state index >= 15 is 0 Å². The van der Waals surface area contributed by atoms with Crippen molar-refractivity contribution in [2.24, 2.45) is 0 Å². The third-order valence-corrected chi connectivity index (χ3v) is 6.35. The molecule has 0 fully saturated rings. The topological polar surface area (TPSA) is 71.7 Å².